The van der Waals surface area contributed by atoms with Gasteiger partial charge in [0.05, 0.1) is 35.7 Å². The lowest BCUT2D eigenvalue weighted by atomic mass is 9.77. The van der Waals surface area contributed by atoms with Crippen LogP contribution in [0.2, 0.25) is 0 Å². The van der Waals surface area contributed by atoms with Gasteiger partial charge in [0.1, 0.15) is 6.04 Å². The number of carbonyl (C=O) groups excluding carboxylic acids is 1. The van der Waals surface area contributed by atoms with Crippen LogP contribution in [0.5, 0.6) is 0 Å². The average Bonchev–Trinajstić information content (AvgIpc) is 3.13. The molecule has 3 aromatic carbocycles. The number of hydrogen-bond donors (Lipinski definition) is 1. The summed E-state index contributed by atoms with van der Waals surface area (Å²) in [6.45, 7) is 9.24. The maximum absolute atomic E-state index is 14.1. The van der Waals surface area contributed by atoms with Crippen molar-refractivity contribution in [3.63, 3.8) is 0 Å². The van der Waals surface area contributed by atoms with Crippen molar-refractivity contribution in [1.29, 1.82) is 5.41 Å². The molecule has 0 bridgehead atoms. The minimum absolute atomic E-state index is 0.0474. The van der Waals surface area contributed by atoms with Crippen molar-refractivity contribution in [2.24, 2.45) is 5.41 Å². The molecule has 1 amide bonds. The fourth-order valence-corrected chi connectivity index (χ4v) is 5.86. The van der Waals surface area contributed by atoms with Crippen molar-refractivity contribution in [2.45, 2.75) is 39.3 Å². The van der Waals surface area contributed by atoms with E-state index < -0.39 is 6.04 Å². The standard InChI is InChI=1S/C31H34N4O2/c1-21-8-12-24(13-9-21)16-28(29(36)33-17-31(18-33)19-37-20-31)35-27-7-5-4-6-26(27)34(30(35)32)23(3)25-14-10-22(2)11-15-25/h4-15,23,28,32H,16-20H2,1-3H3. The van der Waals surface area contributed by atoms with Gasteiger partial charge in [-0.2, -0.15) is 0 Å². The molecule has 1 spiro atoms. The van der Waals surface area contributed by atoms with Gasteiger partial charge < -0.3 is 14.2 Å². The third-order valence-corrected chi connectivity index (χ3v) is 8.13. The van der Waals surface area contributed by atoms with E-state index in [1.165, 1.54) is 11.1 Å². The van der Waals surface area contributed by atoms with Gasteiger partial charge in [0.2, 0.25) is 11.5 Å². The zero-order valence-electron chi connectivity index (χ0n) is 21.8. The van der Waals surface area contributed by atoms with Crippen LogP contribution in [0.1, 0.15) is 41.3 Å². The molecule has 6 nitrogen and oxygen atoms in total. The predicted molar refractivity (Wildman–Crippen MR) is 145 cm³/mol. The monoisotopic (exact) mass is 494 g/mol. The van der Waals surface area contributed by atoms with Crippen molar-refractivity contribution in [3.05, 3.63) is 101 Å². The van der Waals surface area contributed by atoms with E-state index in [4.69, 9.17) is 4.74 Å². The number of nitrogens with one attached hydrogen (secondary N) is 1. The number of hydrogen-bond acceptors (Lipinski definition) is 3. The molecule has 37 heavy (non-hydrogen) atoms. The van der Waals surface area contributed by atoms with Gasteiger partial charge in [-0.05, 0) is 44.0 Å². The Morgan fingerprint density at radius 3 is 2.03 bits per heavy atom. The number of rotatable bonds is 6. The highest BCUT2D eigenvalue weighted by Crippen LogP contribution is 2.39. The SMILES string of the molecule is Cc1ccc(CC(C(=O)N2CC3(COC3)C2)n2c(=N)n(C(C)c3ccc(C)cc3)c3ccccc32)cc1. The van der Waals surface area contributed by atoms with Crippen LogP contribution >= 0.6 is 0 Å². The first kappa shape index (κ1) is 23.7. The first-order valence-corrected chi connectivity index (χ1v) is 13.1. The molecular weight excluding hydrogens is 460 g/mol. The molecule has 3 heterocycles. The number of para-hydroxylation sites is 2. The van der Waals surface area contributed by atoms with E-state index >= 15 is 0 Å². The van der Waals surface area contributed by atoms with Crippen LogP contribution in [0.3, 0.4) is 0 Å². The number of benzene rings is 3. The van der Waals surface area contributed by atoms with E-state index in [0.29, 0.717) is 12.0 Å². The van der Waals surface area contributed by atoms with E-state index in [-0.39, 0.29) is 17.4 Å². The zero-order chi connectivity index (χ0) is 25.7. The largest absolute Gasteiger partial charge is 0.380 e. The van der Waals surface area contributed by atoms with Crippen LogP contribution in [-0.4, -0.2) is 46.2 Å². The van der Waals surface area contributed by atoms with E-state index in [1.807, 2.05) is 27.7 Å². The first-order chi connectivity index (χ1) is 17.8. The van der Waals surface area contributed by atoms with E-state index in [9.17, 15) is 10.2 Å². The maximum Gasteiger partial charge on any atom is 0.246 e. The van der Waals surface area contributed by atoms with Crippen molar-refractivity contribution in [3.8, 4) is 0 Å². The number of aryl methyl sites for hydroxylation is 2. The number of amides is 1. The van der Waals surface area contributed by atoms with Crippen LogP contribution in [-0.2, 0) is 16.0 Å². The molecular formula is C31H34N4O2. The Balaban J connectivity index is 1.45. The van der Waals surface area contributed by atoms with Crippen molar-refractivity contribution >= 4 is 16.9 Å². The lowest BCUT2D eigenvalue weighted by Gasteiger charge is -2.55. The molecule has 6 rings (SSSR count). The highest BCUT2D eigenvalue weighted by molar-refractivity contribution is 5.85. The summed E-state index contributed by atoms with van der Waals surface area (Å²) >= 11 is 0. The highest BCUT2D eigenvalue weighted by atomic mass is 16.5. The summed E-state index contributed by atoms with van der Waals surface area (Å²) in [6, 6.07) is 24.5. The predicted octanol–water partition coefficient (Wildman–Crippen LogP) is 4.79. The van der Waals surface area contributed by atoms with Crippen LogP contribution in [0, 0.1) is 24.7 Å². The van der Waals surface area contributed by atoms with Crippen LogP contribution in [0.25, 0.3) is 11.0 Å². The number of carbonyl (C=O) groups is 1. The van der Waals surface area contributed by atoms with E-state index in [0.717, 1.165) is 48.5 Å². The molecule has 2 aliphatic rings. The summed E-state index contributed by atoms with van der Waals surface area (Å²) in [5.74, 6) is 0.0856. The molecule has 2 fully saturated rings. The minimum atomic E-state index is -0.495. The van der Waals surface area contributed by atoms with Gasteiger partial charge >= 0.3 is 0 Å². The van der Waals surface area contributed by atoms with Gasteiger partial charge in [-0.25, -0.2) is 0 Å². The number of likely N-dealkylation sites (tertiary alicyclic amines) is 1. The Morgan fingerprint density at radius 2 is 1.46 bits per heavy atom. The number of aromatic nitrogens is 2. The van der Waals surface area contributed by atoms with Gasteiger partial charge in [-0.3, -0.25) is 14.8 Å². The Labute approximate surface area is 217 Å². The molecule has 0 saturated carbocycles. The van der Waals surface area contributed by atoms with Crippen LogP contribution in [0.4, 0.5) is 0 Å². The summed E-state index contributed by atoms with van der Waals surface area (Å²) in [7, 11) is 0. The third kappa shape index (κ3) is 4.09. The number of nitrogens with zero attached hydrogens (tertiary/aromatic N) is 3. The summed E-state index contributed by atoms with van der Waals surface area (Å²) < 4.78 is 9.46. The van der Waals surface area contributed by atoms with Crippen molar-refractivity contribution < 1.29 is 9.53 Å². The summed E-state index contributed by atoms with van der Waals surface area (Å²) in [6.07, 6.45) is 0.544. The molecule has 1 aromatic heterocycles. The second-order valence-electron chi connectivity index (χ2n) is 11.0. The normalized spacial score (nSPS) is 17.9. The van der Waals surface area contributed by atoms with Gasteiger partial charge in [-0.15, -0.1) is 0 Å². The van der Waals surface area contributed by atoms with Crippen LogP contribution in [0.15, 0.2) is 72.8 Å². The second kappa shape index (κ2) is 9.03. The van der Waals surface area contributed by atoms with Crippen molar-refractivity contribution in [1.82, 2.24) is 14.0 Å². The molecule has 2 saturated heterocycles. The molecule has 2 unspecified atom stereocenters. The molecule has 6 heteroatoms. The van der Waals surface area contributed by atoms with Gasteiger partial charge in [0.15, 0.2) is 0 Å². The minimum Gasteiger partial charge on any atom is -0.380 e. The lowest BCUT2D eigenvalue weighted by Crippen LogP contribution is -2.68. The molecule has 190 valence electrons. The fraction of sp³-hybridized carbons (Fsp3) is 0.355. The van der Waals surface area contributed by atoms with E-state index in [2.05, 4.69) is 79.9 Å². The molecule has 0 radical (unpaired) electrons. The fourth-order valence-electron chi connectivity index (χ4n) is 5.86. The quantitative estimate of drug-likeness (QED) is 0.419. The molecule has 2 aliphatic heterocycles. The molecule has 2 atom stereocenters. The van der Waals surface area contributed by atoms with Crippen LogP contribution < -0.4 is 5.62 Å². The molecule has 4 aromatic rings. The number of imidazole rings is 1. The average molecular weight is 495 g/mol. The third-order valence-electron chi connectivity index (χ3n) is 8.13. The molecule has 0 aliphatic carbocycles. The van der Waals surface area contributed by atoms with Gasteiger partial charge in [-0.1, -0.05) is 71.8 Å². The Hall–Kier alpha value is -3.64. The smallest absolute Gasteiger partial charge is 0.246 e. The lowest BCUT2D eigenvalue weighted by molar-refractivity contribution is -0.197. The Kier molecular flexibility index (Phi) is 5.80. The maximum atomic E-state index is 14.1. The second-order valence-corrected chi connectivity index (χ2v) is 11.0. The van der Waals surface area contributed by atoms with Crippen molar-refractivity contribution in [2.75, 3.05) is 26.3 Å². The van der Waals surface area contributed by atoms with Gasteiger partial charge in [0.25, 0.3) is 0 Å². The van der Waals surface area contributed by atoms with E-state index in [1.54, 1.807) is 0 Å². The summed E-state index contributed by atoms with van der Waals surface area (Å²) in [4.78, 5) is 16.0. The number of fused-ring (bicyclic) bond motifs is 1. The summed E-state index contributed by atoms with van der Waals surface area (Å²) in [5.41, 5.74) is 7.02. The number of ether oxygens (including phenoxy) is 1. The zero-order valence-corrected chi connectivity index (χ0v) is 21.8. The highest BCUT2D eigenvalue weighted by Gasteiger charge is 2.51. The Bertz CT molecular complexity index is 1500. The van der Waals surface area contributed by atoms with Gasteiger partial charge in [0, 0.05) is 19.5 Å². The summed E-state index contributed by atoms with van der Waals surface area (Å²) in [5, 5.41) is 9.40. The Morgan fingerprint density at radius 1 is 0.892 bits per heavy atom. The first-order valence-electron chi connectivity index (χ1n) is 13.1. The molecule has 1 N–H and O–H groups in total. The topological polar surface area (TPSA) is 63.2 Å².